The molecule has 4 nitrogen and oxygen atoms in total. The fraction of sp³-hybridized carbons (Fsp3) is 0.182. The average molecular weight is 317 g/mol. The number of halogens is 2. The first kappa shape index (κ1) is 12.3. The topological polar surface area (TPSA) is 53.1 Å². The molecule has 0 radical (unpaired) electrons. The fourth-order valence-electron chi connectivity index (χ4n) is 1.41. The zero-order valence-corrected chi connectivity index (χ0v) is 11.3. The van der Waals surface area contributed by atoms with Gasteiger partial charge in [0.1, 0.15) is 6.61 Å². The molecule has 1 aromatic heterocycles. The lowest BCUT2D eigenvalue weighted by atomic mass is 10.3. The number of ether oxygens (including phenoxy) is 1. The average Bonchev–Trinajstić information content (AvgIpc) is 2.74. The number of benzene rings is 1. The van der Waals surface area contributed by atoms with Crippen LogP contribution in [0.5, 0.6) is 5.75 Å². The van der Waals surface area contributed by atoms with E-state index in [9.17, 15) is 0 Å². The molecule has 0 aliphatic rings. The normalized spacial score (nSPS) is 10.5. The van der Waals surface area contributed by atoms with Crippen LogP contribution in [0.3, 0.4) is 0 Å². The third-order valence-corrected chi connectivity index (χ3v) is 2.97. The van der Waals surface area contributed by atoms with Crippen molar-refractivity contribution >= 4 is 33.2 Å². The Kier molecular flexibility index (Phi) is 3.91. The van der Waals surface area contributed by atoms with Crippen molar-refractivity contribution in [1.82, 2.24) is 9.78 Å². The Morgan fingerprint density at radius 3 is 2.94 bits per heavy atom. The SMILES string of the molecule is Nc1cc(Cl)cc(Br)c1OCCn1cccn1. The number of anilines is 1. The summed E-state index contributed by atoms with van der Waals surface area (Å²) in [7, 11) is 0. The molecule has 0 bridgehead atoms. The highest BCUT2D eigenvalue weighted by Gasteiger charge is 2.07. The lowest BCUT2D eigenvalue weighted by Crippen LogP contribution is -2.09. The monoisotopic (exact) mass is 315 g/mol. The second-order valence-electron chi connectivity index (χ2n) is 3.42. The number of nitrogen functional groups attached to an aromatic ring is 1. The van der Waals surface area contributed by atoms with Gasteiger partial charge in [0.05, 0.1) is 16.7 Å². The zero-order valence-electron chi connectivity index (χ0n) is 8.94. The summed E-state index contributed by atoms with van der Waals surface area (Å²) in [5, 5.41) is 4.66. The summed E-state index contributed by atoms with van der Waals surface area (Å²) in [6, 6.07) is 5.28. The molecule has 0 fully saturated rings. The Labute approximate surface area is 112 Å². The van der Waals surface area contributed by atoms with Gasteiger partial charge in [0.2, 0.25) is 0 Å². The molecule has 2 aromatic rings. The molecular formula is C11H11BrClN3O. The molecule has 1 heterocycles. The Morgan fingerprint density at radius 2 is 2.29 bits per heavy atom. The van der Waals surface area contributed by atoms with Crippen molar-refractivity contribution in [3.05, 3.63) is 40.1 Å². The Morgan fingerprint density at radius 1 is 1.47 bits per heavy atom. The summed E-state index contributed by atoms with van der Waals surface area (Å²) in [6.07, 6.45) is 3.61. The maximum atomic E-state index is 5.86. The highest BCUT2D eigenvalue weighted by Crippen LogP contribution is 2.34. The number of nitrogens with zero attached hydrogens (tertiary/aromatic N) is 2. The predicted molar refractivity (Wildman–Crippen MR) is 71.3 cm³/mol. The second kappa shape index (κ2) is 5.42. The van der Waals surface area contributed by atoms with Crippen LogP contribution >= 0.6 is 27.5 Å². The summed E-state index contributed by atoms with van der Waals surface area (Å²) in [5.74, 6) is 0.613. The van der Waals surface area contributed by atoms with Crippen molar-refractivity contribution in [2.45, 2.75) is 6.54 Å². The van der Waals surface area contributed by atoms with Gasteiger partial charge in [-0.15, -0.1) is 0 Å². The maximum absolute atomic E-state index is 5.86. The van der Waals surface area contributed by atoms with E-state index in [-0.39, 0.29) is 0 Å². The minimum atomic E-state index is 0.492. The van der Waals surface area contributed by atoms with Crippen LogP contribution in [0, 0.1) is 0 Å². The van der Waals surface area contributed by atoms with Crippen LogP contribution < -0.4 is 10.5 Å². The third-order valence-electron chi connectivity index (χ3n) is 2.16. The molecule has 0 aliphatic carbocycles. The molecule has 6 heteroatoms. The van der Waals surface area contributed by atoms with Crippen molar-refractivity contribution < 1.29 is 4.74 Å². The Balaban J connectivity index is 1.99. The van der Waals surface area contributed by atoms with E-state index in [1.807, 2.05) is 12.3 Å². The lowest BCUT2D eigenvalue weighted by molar-refractivity contribution is 0.291. The molecule has 1 aromatic carbocycles. The first-order chi connectivity index (χ1) is 8.16. The standard InChI is InChI=1S/C11H11BrClN3O/c12-9-6-8(13)7-10(14)11(9)17-5-4-16-3-1-2-15-16/h1-3,6-7H,4-5,14H2. The van der Waals surface area contributed by atoms with E-state index in [4.69, 9.17) is 22.1 Å². The van der Waals surface area contributed by atoms with E-state index in [2.05, 4.69) is 21.0 Å². The van der Waals surface area contributed by atoms with Crippen LogP contribution in [-0.4, -0.2) is 16.4 Å². The van der Waals surface area contributed by atoms with Gasteiger partial charge in [0.15, 0.2) is 5.75 Å². The van der Waals surface area contributed by atoms with Gasteiger partial charge in [-0.25, -0.2) is 0 Å². The van der Waals surface area contributed by atoms with Gasteiger partial charge in [-0.1, -0.05) is 11.6 Å². The molecule has 2 N–H and O–H groups in total. The minimum absolute atomic E-state index is 0.492. The smallest absolute Gasteiger partial charge is 0.156 e. The van der Waals surface area contributed by atoms with Crippen molar-refractivity contribution in [3.8, 4) is 5.75 Å². The quantitative estimate of drug-likeness (QED) is 0.882. The first-order valence-corrected chi connectivity index (χ1v) is 6.18. The first-order valence-electron chi connectivity index (χ1n) is 5.01. The summed E-state index contributed by atoms with van der Waals surface area (Å²) >= 11 is 9.22. The number of aromatic nitrogens is 2. The van der Waals surface area contributed by atoms with Gasteiger partial charge in [-0.05, 0) is 34.1 Å². The molecule has 90 valence electrons. The molecule has 0 amide bonds. The van der Waals surface area contributed by atoms with Crippen molar-refractivity contribution in [2.75, 3.05) is 12.3 Å². The summed E-state index contributed by atoms with van der Waals surface area (Å²) in [6.45, 7) is 1.16. The van der Waals surface area contributed by atoms with Gasteiger partial charge in [0.25, 0.3) is 0 Å². The van der Waals surface area contributed by atoms with Crippen LogP contribution in [0.15, 0.2) is 35.1 Å². The molecule has 0 aliphatic heterocycles. The zero-order chi connectivity index (χ0) is 12.3. The van der Waals surface area contributed by atoms with Crippen LogP contribution in [0.1, 0.15) is 0 Å². The van der Waals surface area contributed by atoms with Crippen molar-refractivity contribution in [1.29, 1.82) is 0 Å². The summed E-state index contributed by atoms with van der Waals surface area (Å²) in [5.41, 5.74) is 6.34. The number of nitrogens with two attached hydrogens (primary N) is 1. The molecule has 0 saturated carbocycles. The van der Waals surface area contributed by atoms with Gasteiger partial charge < -0.3 is 10.5 Å². The van der Waals surface area contributed by atoms with Gasteiger partial charge in [-0.3, -0.25) is 4.68 Å². The molecule has 17 heavy (non-hydrogen) atoms. The molecule has 0 spiro atoms. The maximum Gasteiger partial charge on any atom is 0.156 e. The van der Waals surface area contributed by atoms with Crippen LogP contribution in [0.25, 0.3) is 0 Å². The molecular weight excluding hydrogens is 305 g/mol. The number of rotatable bonds is 4. The lowest BCUT2D eigenvalue weighted by Gasteiger charge is -2.11. The second-order valence-corrected chi connectivity index (χ2v) is 4.71. The van der Waals surface area contributed by atoms with Gasteiger partial charge >= 0.3 is 0 Å². The highest BCUT2D eigenvalue weighted by atomic mass is 79.9. The van der Waals surface area contributed by atoms with Gasteiger partial charge in [-0.2, -0.15) is 5.10 Å². The van der Waals surface area contributed by atoms with Crippen LogP contribution in [0.2, 0.25) is 5.02 Å². The fourth-order valence-corrected chi connectivity index (χ4v) is 2.35. The van der Waals surface area contributed by atoms with Crippen molar-refractivity contribution in [2.24, 2.45) is 0 Å². The Bertz CT molecular complexity index is 478. The molecule has 0 unspecified atom stereocenters. The number of hydrogen-bond acceptors (Lipinski definition) is 3. The third kappa shape index (κ3) is 3.14. The van der Waals surface area contributed by atoms with E-state index in [0.29, 0.717) is 29.6 Å². The molecule has 0 atom stereocenters. The molecule has 0 saturated heterocycles. The number of hydrogen-bond donors (Lipinski definition) is 1. The van der Waals surface area contributed by atoms with E-state index in [0.717, 1.165) is 4.47 Å². The van der Waals surface area contributed by atoms with E-state index in [1.54, 1.807) is 23.0 Å². The Hall–Kier alpha value is -1.20. The molecule has 2 rings (SSSR count). The largest absolute Gasteiger partial charge is 0.488 e. The van der Waals surface area contributed by atoms with E-state index in [1.165, 1.54) is 0 Å². The van der Waals surface area contributed by atoms with E-state index < -0.39 is 0 Å². The minimum Gasteiger partial charge on any atom is -0.488 e. The van der Waals surface area contributed by atoms with Crippen molar-refractivity contribution in [3.63, 3.8) is 0 Å². The van der Waals surface area contributed by atoms with Crippen LogP contribution in [0.4, 0.5) is 5.69 Å². The van der Waals surface area contributed by atoms with E-state index >= 15 is 0 Å². The summed E-state index contributed by atoms with van der Waals surface area (Å²) in [4.78, 5) is 0. The van der Waals surface area contributed by atoms with Gasteiger partial charge in [0, 0.05) is 17.4 Å². The summed E-state index contributed by atoms with van der Waals surface area (Å²) < 4.78 is 8.15. The van der Waals surface area contributed by atoms with Crippen LogP contribution in [-0.2, 0) is 6.54 Å². The predicted octanol–water partition coefficient (Wildman–Crippen LogP) is 2.96. The highest BCUT2D eigenvalue weighted by molar-refractivity contribution is 9.10.